The molecule has 1 saturated carbocycles. The van der Waals surface area contributed by atoms with Gasteiger partial charge in [0.05, 0.1) is 6.61 Å². The lowest BCUT2D eigenvalue weighted by atomic mass is 9.58. The quantitative estimate of drug-likeness (QED) is 0.626. The Balaban J connectivity index is 1.64. The minimum Gasteiger partial charge on any atom is -0.352 e. The molecular weight excluding hydrogens is 310 g/mol. The molecule has 0 aromatic heterocycles. The van der Waals surface area contributed by atoms with Crippen LogP contribution in [0.25, 0.3) is 0 Å². The molecule has 1 spiro atoms. The van der Waals surface area contributed by atoms with Crippen LogP contribution in [-0.2, 0) is 24.0 Å². The predicted molar refractivity (Wildman–Crippen MR) is 86.5 cm³/mol. The van der Waals surface area contributed by atoms with Crippen molar-refractivity contribution in [2.24, 2.45) is 29.4 Å². The van der Waals surface area contributed by atoms with Crippen LogP contribution in [-0.4, -0.2) is 37.1 Å². The van der Waals surface area contributed by atoms with Crippen molar-refractivity contribution >= 4 is 0 Å². The highest BCUT2D eigenvalue weighted by Gasteiger charge is 2.69. The van der Waals surface area contributed by atoms with Gasteiger partial charge in [-0.05, 0) is 51.0 Å². The topological polar surface area (TPSA) is 72.2 Å². The predicted octanol–water partition coefficient (Wildman–Crippen LogP) is 2.56. The molecule has 2 N–H and O–H groups in total. The molecule has 5 rings (SSSR count). The Hall–Kier alpha value is -0.240. The van der Waals surface area contributed by atoms with Gasteiger partial charge in [-0.2, -0.15) is 0 Å². The standard InChI is InChI=1S/C18H31NO5/c1-11-5-6-14-12(2)15(20-10-4-9-19)21-16-18(14)13(11)7-8-17(3,22-16)23-24-18/h11-16H,4-10,19H2,1-3H3/t11-,12-,13+,14+,15+,16-,17-,18-/m1/s1. The van der Waals surface area contributed by atoms with E-state index in [2.05, 4.69) is 13.8 Å². The van der Waals surface area contributed by atoms with Gasteiger partial charge in [-0.15, -0.1) is 0 Å². The van der Waals surface area contributed by atoms with Crippen LogP contribution in [0.4, 0.5) is 0 Å². The first kappa shape index (κ1) is 17.2. The molecule has 6 heteroatoms. The molecule has 4 heterocycles. The second kappa shape index (κ2) is 6.18. The van der Waals surface area contributed by atoms with Crippen LogP contribution in [0.3, 0.4) is 0 Å². The highest BCUT2D eigenvalue weighted by Crippen LogP contribution is 2.60. The molecule has 6 nitrogen and oxygen atoms in total. The summed E-state index contributed by atoms with van der Waals surface area (Å²) in [6.45, 7) is 7.72. The van der Waals surface area contributed by atoms with Crippen LogP contribution >= 0.6 is 0 Å². The van der Waals surface area contributed by atoms with Gasteiger partial charge in [0.15, 0.2) is 18.2 Å². The summed E-state index contributed by atoms with van der Waals surface area (Å²) in [5, 5.41) is 0. The Morgan fingerprint density at radius 1 is 1.12 bits per heavy atom. The molecule has 24 heavy (non-hydrogen) atoms. The number of fused-ring (bicyclic) bond motifs is 2. The summed E-state index contributed by atoms with van der Waals surface area (Å²) in [5.41, 5.74) is 5.09. The Bertz CT molecular complexity index is 476. The molecule has 1 aliphatic carbocycles. The number of nitrogens with two attached hydrogens (primary N) is 1. The van der Waals surface area contributed by atoms with Crippen molar-refractivity contribution in [3.05, 3.63) is 0 Å². The number of ether oxygens (including phenoxy) is 3. The van der Waals surface area contributed by atoms with Crippen molar-refractivity contribution in [1.29, 1.82) is 0 Å². The van der Waals surface area contributed by atoms with Gasteiger partial charge in [-0.3, -0.25) is 0 Å². The van der Waals surface area contributed by atoms with Crippen molar-refractivity contribution in [3.8, 4) is 0 Å². The van der Waals surface area contributed by atoms with E-state index in [-0.39, 0.29) is 12.2 Å². The minimum absolute atomic E-state index is 0.240. The van der Waals surface area contributed by atoms with Crippen LogP contribution in [0.15, 0.2) is 0 Å². The van der Waals surface area contributed by atoms with Gasteiger partial charge in [-0.1, -0.05) is 13.8 Å². The average Bonchev–Trinajstić information content (AvgIpc) is 2.78. The number of hydrogen-bond donors (Lipinski definition) is 1. The lowest BCUT2D eigenvalue weighted by Crippen LogP contribution is -2.70. The Kier molecular flexibility index (Phi) is 4.43. The van der Waals surface area contributed by atoms with Crippen molar-refractivity contribution in [1.82, 2.24) is 0 Å². The van der Waals surface area contributed by atoms with E-state index in [4.69, 9.17) is 29.7 Å². The summed E-state index contributed by atoms with van der Waals surface area (Å²) in [6.07, 6.45) is 4.35. The summed E-state index contributed by atoms with van der Waals surface area (Å²) in [4.78, 5) is 11.9. The molecule has 0 aromatic carbocycles. The molecule has 4 aliphatic heterocycles. The molecule has 0 radical (unpaired) electrons. The first-order valence-electron chi connectivity index (χ1n) is 9.52. The van der Waals surface area contributed by atoms with Gasteiger partial charge in [0, 0.05) is 18.3 Å². The van der Waals surface area contributed by atoms with Crippen LogP contribution in [0, 0.1) is 23.7 Å². The first-order valence-corrected chi connectivity index (χ1v) is 9.52. The molecule has 0 unspecified atom stereocenters. The van der Waals surface area contributed by atoms with Gasteiger partial charge in [0.25, 0.3) is 0 Å². The molecule has 138 valence electrons. The fourth-order valence-electron chi connectivity index (χ4n) is 5.35. The third-order valence-corrected chi connectivity index (χ3v) is 6.73. The van der Waals surface area contributed by atoms with Crippen LogP contribution < -0.4 is 5.73 Å². The van der Waals surface area contributed by atoms with Crippen LogP contribution in [0.2, 0.25) is 0 Å². The van der Waals surface area contributed by atoms with E-state index in [1.165, 1.54) is 6.42 Å². The van der Waals surface area contributed by atoms with Crippen LogP contribution in [0.5, 0.6) is 0 Å². The van der Waals surface area contributed by atoms with E-state index in [1.54, 1.807) is 0 Å². The average molecular weight is 341 g/mol. The SMILES string of the molecule is C[C@H]1[C@@H](OCCCN)O[C@@H]2O[C@@]3(C)CC[C@H]4[C@H](C)CC[C@@H]1[C@@]24OO3. The number of rotatable bonds is 4. The maximum Gasteiger partial charge on any atom is 0.201 e. The van der Waals surface area contributed by atoms with Gasteiger partial charge in [0.1, 0.15) is 0 Å². The molecular formula is C18H31NO5. The zero-order chi connectivity index (χ0) is 16.9. The van der Waals surface area contributed by atoms with E-state index < -0.39 is 17.7 Å². The Morgan fingerprint density at radius 3 is 2.75 bits per heavy atom. The fraction of sp³-hybridized carbons (Fsp3) is 1.00. The van der Waals surface area contributed by atoms with Crippen molar-refractivity contribution in [2.45, 2.75) is 76.8 Å². The van der Waals surface area contributed by atoms with Crippen molar-refractivity contribution in [2.75, 3.05) is 13.2 Å². The summed E-state index contributed by atoms with van der Waals surface area (Å²) in [5.74, 6) is 0.825. The summed E-state index contributed by atoms with van der Waals surface area (Å²) < 4.78 is 18.6. The third-order valence-electron chi connectivity index (χ3n) is 6.73. The largest absolute Gasteiger partial charge is 0.352 e. The van der Waals surface area contributed by atoms with Crippen LogP contribution in [0.1, 0.15) is 52.9 Å². The third kappa shape index (κ3) is 2.46. The zero-order valence-corrected chi connectivity index (χ0v) is 15.0. The van der Waals surface area contributed by atoms with Gasteiger partial charge in [0.2, 0.25) is 5.79 Å². The maximum atomic E-state index is 6.31. The lowest BCUT2D eigenvalue weighted by Gasteiger charge is -2.60. The zero-order valence-electron chi connectivity index (χ0n) is 15.0. The highest BCUT2D eigenvalue weighted by molar-refractivity contribution is 5.09. The van der Waals surface area contributed by atoms with E-state index >= 15 is 0 Å². The van der Waals surface area contributed by atoms with Gasteiger partial charge >= 0.3 is 0 Å². The second-order valence-electron chi connectivity index (χ2n) is 8.29. The normalized spacial score (nSPS) is 53.5. The first-order chi connectivity index (χ1) is 11.5. The maximum absolute atomic E-state index is 6.31. The number of hydrogen-bond acceptors (Lipinski definition) is 6. The summed E-state index contributed by atoms with van der Waals surface area (Å²) >= 11 is 0. The van der Waals surface area contributed by atoms with E-state index in [1.807, 2.05) is 6.92 Å². The summed E-state index contributed by atoms with van der Waals surface area (Å²) in [7, 11) is 0. The molecule has 0 aromatic rings. The fourth-order valence-corrected chi connectivity index (χ4v) is 5.35. The van der Waals surface area contributed by atoms with Crippen molar-refractivity contribution < 1.29 is 24.0 Å². The van der Waals surface area contributed by atoms with E-state index in [0.29, 0.717) is 30.9 Å². The lowest BCUT2D eigenvalue weighted by molar-refractivity contribution is -0.577. The molecule has 2 bridgehead atoms. The second-order valence-corrected chi connectivity index (χ2v) is 8.29. The monoisotopic (exact) mass is 341 g/mol. The van der Waals surface area contributed by atoms with Gasteiger partial charge < -0.3 is 19.9 Å². The molecule has 8 atom stereocenters. The Labute approximate surface area is 144 Å². The molecule has 0 amide bonds. The van der Waals surface area contributed by atoms with E-state index in [0.717, 1.165) is 25.7 Å². The molecule has 5 fully saturated rings. The van der Waals surface area contributed by atoms with Gasteiger partial charge in [-0.25, -0.2) is 9.78 Å². The summed E-state index contributed by atoms with van der Waals surface area (Å²) in [6, 6.07) is 0. The molecule has 5 aliphatic rings. The smallest absolute Gasteiger partial charge is 0.201 e. The highest BCUT2D eigenvalue weighted by atomic mass is 17.3. The molecule has 4 saturated heterocycles. The minimum atomic E-state index is -0.722. The Morgan fingerprint density at radius 2 is 1.96 bits per heavy atom. The van der Waals surface area contributed by atoms with Crippen molar-refractivity contribution in [3.63, 3.8) is 0 Å². The van der Waals surface area contributed by atoms with E-state index in [9.17, 15) is 0 Å².